The molecule has 2 aliphatic rings. The molecule has 0 saturated heterocycles. The zero-order chi connectivity index (χ0) is 39.0. The van der Waals surface area contributed by atoms with Gasteiger partial charge in [-0.25, -0.2) is 0 Å². The topological polar surface area (TPSA) is 3.24 Å². The first kappa shape index (κ1) is 34.3. The molecule has 1 heteroatoms. The lowest BCUT2D eigenvalue weighted by Gasteiger charge is -2.32. The Bertz CT molecular complexity index is 3040. The molecule has 0 fully saturated rings. The molecule has 0 spiro atoms. The molecule has 9 aromatic rings. The molecule has 0 aliphatic heterocycles. The fourth-order valence-electron chi connectivity index (χ4n) is 10.2. The van der Waals surface area contributed by atoms with Gasteiger partial charge >= 0.3 is 0 Å². The molecular weight excluding hydrogens is 699 g/mol. The van der Waals surface area contributed by atoms with Gasteiger partial charge in [0.1, 0.15) is 0 Å². The average Bonchev–Trinajstić information content (AvgIpc) is 3.68. The van der Waals surface area contributed by atoms with Gasteiger partial charge in [-0.15, -0.1) is 0 Å². The van der Waals surface area contributed by atoms with Crippen LogP contribution in [0.1, 0.15) is 48.6 Å². The van der Waals surface area contributed by atoms with E-state index in [0.717, 1.165) is 17.1 Å². The summed E-state index contributed by atoms with van der Waals surface area (Å²) in [5.41, 5.74) is 19.9. The molecule has 0 radical (unpaired) electrons. The summed E-state index contributed by atoms with van der Waals surface area (Å²) < 4.78 is 0. The van der Waals surface area contributed by atoms with Crippen LogP contribution in [0.5, 0.6) is 0 Å². The van der Waals surface area contributed by atoms with Crippen molar-refractivity contribution in [3.05, 3.63) is 234 Å². The summed E-state index contributed by atoms with van der Waals surface area (Å²) in [6, 6.07) is 76.5. The lowest BCUT2D eigenvalue weighted by atomic mass is 9.74. The summed E-state index contributed by atoms with van der Waals surface area (Å²) in [6.07, 6.45) is 0. The number of para-hydroxylation sites is 1. The highest BCUT2D eigenvalue weighted by Gasteiger charge is 2.41. The van der Waals surface area contributed by atoms with E-state index in [2.05, 4.69) is 232 Å². The van der Waals surface area contributed by atoms with Crippen LogP contribution in [0.2, 0.25) is 0 Å². The number of benzene rings is 9. The molecule has 9 aromatic carbocycles. The summed E-state index contributed by atoms with van der Waals surface area (Å²) in [4.78, 5) is 2.49. The number of nitrogens with zero attached hydrogens (tertiary/aromatic N) is 1. The molecule has 0 amide bonds. The lowest BCUT2D eigenvalue weighted by Crippen LogP contribution is -2.22. The lowest BCUT2D eigenvalue weighted by molar-refractivity contribution is 0.660. The summed E-state index contributed by atoms with van der Waals surface area (Å²) in [7, 11) is 0. The van der Waals surface area contributed by atoms with E-state index in [1.54, 1.807) is 0 Å². The van der Waals surface area contributed by atoms with Crippen molar-refractivity contribution in [2.24, 2.45) is 0 Å². The molecule has 0 heterocycles. The van der Waals surface area contributed by atoms with Crippen molar-refractivity contribution in [2.45, 2.75) is 31.6 Å². The minimum atomic E-state index is -0.316. The van der Waals surface area contributed by atoms with Gasteiger partial charge in [-0.05, 0) is 121 Å². The van der Waals surface area contributed by atoms with Crippen molar-refractivity contribution >= 4 is 27.8 Å². The second-order valence-corrected chi connectivity index (χ2v) is 16.6. The van der Waals surface area contributed by atoms with Crippen LogP contribution >= 0.6 is 0 Å². The van der Waals surface area contributed by atoms with Gasteiger partial charge < -0.3 is 4.90 Å². The highest BCUT2D eigenvalue weighted by molar-refractivity contribution is 5.99. The highest BCUT2D eigenvalue weighted by Crippen LogP contribution is 2.56. The third-order valence-electron chi connectivity index (χ3n) is 13.2. The summed E-state index contributed by atoms with van der Waals surface area (Å²) in [5, 5.41) is 2.51. The zero-order valence-electron chi connectivity index (χ0n) is 33.1. The van der Waals surface area contributed by atoms with E-state index in [0.29, 0.717) is 0 Å². The van der Waals surface area contributed by atoms with Crippen molar-refractivity contribution in [3.63, 3.8) is 0 Å². The minimum Gasteiger partial charge on any atom is -0.310 e. The molecule has 0 saturated carbocycles. The van der Waals surface area contributed by atoms with Gasteiger partial charge in [0, 0.05) is 27.8 Å². The van der Waals surface area contributed by atoms with Crippen LogP contribution in [0, 0.1) is 0 Å². The Kier molecular flexibility index (Phi) is 7.72. The van der Waals surface area contributed by atoms with E-state index < -0.39 is 0 Å². The summed E-state index contributed by atoms with van der Waals surface area (Å²) in [5.74, 6) is 0. The first-order valence-corrected chi connectivity index (χ1v) is 20.4. The fourth-order valence-corrected chi connectivity index (χ4v) is 10.2. The Balaban J connectivity index is 1.13. The van der Waals surface area contributed by atoms with Crippen molar-refractivity contribution < 1.29 is 0 Å². The third kappa shape index (κ3) is 5.10. The van der Waals surface area contributed by atoms with E-state index in [1.807, 2.05) is 0 Å². The van der Waals surface area contributed by atoms with Crippen LogP contribution in [0.25, 0.3) is 55.3 Å². The van der Waals surface area contributed by atoms with Crippen LogP contribution in [0.4, 0.5) is 17.1 Å². The first-order chi connectivity index (χ1) is 28.4. The Morgan fingerprint density at radius 3 is 1.74 bits per heavy atom. The van der Waals surface area contributed by atoms with E-state index in [9.17, 15) is 0 Å². The molecule has 0 aromatic heterocycles. The molecule has 276 valence electrons. The molecule has 2 aliphatic carbocycles. The van der Waals surface area contributed by atoms with E-state index in [-0.39, 0.29) is 10.8 Å². The van der Waals surface area contributed by atoms with Crippen molar-refractivity contribution in [1.82, 2.24) is 0 Å². The maximum absolute atomic E-state index is 2.49. The number of fused-ring (bicyclic) bond motifs is 7. The van der Waals surface area contributed by atoms with Crippen molar-refractivity contribution in [3.8, 4) is 44.5 Å². The minimum absolute atomic E-state index is 0.0912. The smallest absolute Gasteiger partial charge is 0.0540 e. The number of hydrogen-bond acceptors (Lipinski definition) is 1. The molecule has 1 unspecified atom stereocenters. The number of rotatable bonds is 6. The largest absolute Gasteiger partial charge is 0.310 e. The maximum Gasteiger partial charge on any atom is 0.0540 e. The molecule has 1 atom stereocenters. The quantitative estimate of drug-likeness (QED) is 0.164. The standard InChI is InChI=1S/C57H43N/c1-56(2)50-24-12-10-22-49(50)55-48(23-15-26-52(55)56)47-21-11-14-27-54(47)58(43-32-30-39(31-33-43)41-29-28-38-16-7-8-17-40(38)36-41)44-34-35-46-45-20-9-13-25-51(45)57(3,53(46)37-44)42-18-5-4-6-19-42/h4-37H,1-3H3. The van der Waals surface area contributed by atoms with Crippen LogP contribution in [-0.2, 0) is 10.8 Å². The van der Waals surface area contributed by atoms with E-state index >= 15 is 0 Å². The molecular formula is C57H43N. The molecule has 1 nitrogen and oxygen atoms in total. The van der Waals surface area contributed by atoms with Gasteiger partial charge in [-0.1, -0.05) is 184 Å². The van der Waals surface area contributed by atoms with Gasteiger partial charge in [-0.2, -0.15) is 0 Å². The van der Waals surface area contributed by atoms with Crippen molar-refractivity contribution in [1.29, 1.82) is 0 Å². The van der Waals surface area contributed by atoms with Gasteiger partial charge in [0.2, 0.25) is 0 Å². The van der Waals surface area contributed by atoms with Gasteiger partial charge in [0.05, 0.1) is 5.69 Å². The molecule has 0 N–H and O–H groups in total. The summed E-state index contributed by atoms with van der Waals surface area (Å²) in [6.45, 7) is 7.13. The fraction of sp³-hybridized carbons (Fsp3) is 0.0877. The Morgan fingerprint density at radius 2 is 0.931 bits per heavy atom. The van der Waals surface area contributed by atoms with Crippen molar-refractivity contribution in [2.75, 3.05) is 4.90 Å². The molecule has 0 bridgehead atoms. The van der Waals surface area contributed by atoms with E-state index in [4.69, 9.17) is 0 Å². The van der Waals surface area contributed by atoms with Crippen LogP contribution in [0.3, 0.4) is 0 Å². The second kappa shape index (κ2) is 13.0. The summed E-state index contributed by atoms with van der Waals surface area (Å²) >= 11 is 0. The SMILES string of the molecule is CC1(C)c2ccccc2-c2c(-c3ccccc3N(c3ccc(-c4ccc5ccccc5c4)cc3)c3ccc4c(c3)C(C)(c3ccccc3)c3ccccc3-4)cccc21. The first-order valence-electron chi connectivity index (χ1n) is 20.4. The highest BCUT2D eigenvalue weighted by atomic mass is 15.1. The Morgan fingerprint density at radius 1 is 0.345 bits per heavy atom. The molecule has 11 rings (SSSR count). The van der Waals surface area contributed by atoms with Crippen LogP contribution in [0.15, 0.2) is 206 Å². The average molecular weight is 742 g/mol. The molecule has 58 heavy (non-hydrogen) atoms. The van der Waals surface area contributed by atoms with Gasteiger partial charge in [0.25, 0.3) is 0 Å². The predicted molar refractivity (Wildman–Crippen MR) is 245 cm³/mol. The van der Waals surface area contributed by atoms with Crippen LogP contribution < -0.4 is 4.90 Å². The number of hydrogen-bond donors (Lipinski definition) is 0. The zero-order valence-corrected chi connectivity index (χ0v) is 33.1. The Labute approximate surface area is 341 Å². The number of anilines is 3. The second-order valence-electron chi connectivity index (χ2n) is 16.6. The third-order valence-corrected chi connectivity index (χ3v) is 13.2. The van der Waals surface area contributed by atoms with Crippen LogP contribution in [-0.4, -0.2) is 0 Å². The van der Waals surface area contributed by atoms with Gasteiger partial charge in [-0.3, -0.25) is 0 Å². The predicted octanol–water partition coefficient (Wildman–Crippen LogP) is 15.3. The maximum atomic E-state index is 2.49. The monoisotopic (exact) mass is 741 g/mol. The normalized spacial score (nSPS) is 15.7. The van der Waals surface area contributed by atoms with Gasteiger partial charge in [0.15, 0.2) is 0 Å². The Hall–Kier alpha value is -6.96. The van der Waals surface area contributed by atoms with E-state index in [1.165, 1.54) is 83.1 Å².